The predicted octanol–water partition coefficient (Wildman–Crippen LogP) is 2.33. The first-order valence-corrected chi connectivity index (χ1v) is 9.46. The molecular weight excluding hydrogens is 408 g/mol. The van der Waals surface area contributed by atoms with Crippen LogP contribution in [-0.4, -0.2) is 65.5 Å². The fraction of sp³-hybridized carbons (Fsp3) is 0.429. The number of rotatable bonds is 10. The number of aliphatic carboxylic acids is 1. The standard InChI is InChI=1S/C21H28N2O8/c1-5-11-29-17(24)13-23(20(28)30-14-15-9-7-6-8-10-15)12-16(18(25)26)22-19(27)31-21(2,3)4/h5-10,16H,1,11-14H2,2-4H3,(H,22,27)(H,25,26)/t16-/m0/s1. The van der Waals surface area contributed by atoms with Crippen LogP contribution in [0.1, 0.15) is 26.3 Å². The van der Waals surface area contributed by atoms with Crippen molar-refractivity contribution < 1.29 is 38.5 Å². The number of nitrogens with zero attached hydrogens (tertiary/aromatic N) is 1. The van der Waals surface area contributed by atoms with Crippen molar-refractivity contribution in [3.8, 4) is 0 Å². The van der Waals surface area contributed by atoms with Gasteiger partial charge in [0.15, 0.2) is 0 Å². The molecule has 1 atom stereocenters. The summed E-state index contributed by atoms with van der Waals surface area (Å²) in [4.78, 5) is 48.9. The Morgan fingerprint density at radius 2 is 1.81 bits per heavy atom. The van der Waals surface area contributed by atoms with Crippen molar-refractivity contribution in [3.63, 3.8) is 0 Å². The van der Waals surface area contributed by atoms with Gasteiger partial charge in [-0.2, -0.15) is 0 Å². The molecule has 1 aromatic carbocycles. The number of carbonyl (C=O) groups excluding carboxylic acids is 3. The fourth-order valence-corrected chi connectivity index (χ4v) is 2.22. The van der Waals surface area contributed by atoms with E-state index in [1.165, 1.54) is 6.08 Å². The summed E-state index contributed by atoms with van der Waals surface area (Å²) in [6.07, 6.45) is -0.580. The van der Waals surface area contributed by atoms with Crippen molar-refractivity contribution in [3.05, 3.63) is 48.6 Å². The quantitative estimate of drug-likeness (QED) is 0.325. The van der Waals surface area contributed by atoms with E-state index in [1.807, 2.05) is 0 Å². The third-order valence-electron chi connectivity index (χ3n) is 3.54. The minimum absolute atomic E-state index is 0.0791. The Kier molecular flexibility index (Phi) is 10.0. The molecule has 10 heteroatoms. The fourth-order valence-electron chi connectivity index (χ4n) is 2.22. The summed E-state index contributed by atoms with van der Waals surface area (Å²) in [7, 11) is 0. The Hall–Kier alpha value is -3.56. The molecule has 0 saturated carbocycles. The Balaban J connectivity index is 2.89. The lowest BCUT2D eigenvalue weighted by atomic mass is 10.2. The van der Waals surface area contributed by atoms with E-state index < -0.39 is 48.9 Å². The summed E-state index contributed by atoms with van der Waals surface area (Å²) in [6.45, 7) is 6.97. The second-order valence-electron chi connectivity index (χ2n) is 7.43. The highest BCUT2D eigenvalue weighted by Gasteiger charge is 2.30. The van der Waals surface area contributed by atoms with E-state index in [4.69, 9.17) is 14.2 Å². The lowest BCUT2D eigenvalue weighted by molar-refractivity contribution is -0.145. The molecule has 1 aromatic rings. The van der Waals surface area contributed by atoms with Gasteiger partial charge in [0.25, 0.3) is 0 Å². The molecule has 0 radical (unpaired) electrons. The van der Waals surface area contributed by atoms with Crippen molar-refractivity contribution in [2.45, 2.75) is 39.0 Å². The van der Waals surface area contributed by atoms with E-state index in [2.05, 4.69) is 11.9 Å². The van der Waals surface area contributed by atoms with Crippen LogP contribution in [0.15, 0.2) is 43.0 Å². The summed E-state index contributed by atoms with van der Waals surface area (Å²) < 4.78 is 15.1. The number of ether oxygens (including phenoxy) is 3. The topological polar surface area (TPSA) is 131 Å². The van der Waals surface area contributed by atoms with Gasteiger partial charge in [0.05, 0.1) is 6.54 Å². The van der Waals surface area contributed by atoms with Gasteiger partial charge >= 0.3 is 24.1 Å². The monoisotopic (exact) mass is 436 g/mol. The summed E-state index contributed by atoms with van der Waals surface area (Å²) in [5.74, 6) is -2.22. The third-order valence-corrected chi connectivity index (χ3v) is 3.54. The van der Waals surface area contributed by atoms with Crippen LogP contribution in [-0.2, 0) is 30.4 Å². The van der Waals surface area contributed by atoms with E-state index in [0.717, 1.165) is 4.90 Å². The molecule has 0 aromatic heterocycles. The van der Waals surface area contributed by atoms with Crippen LogP contribution in [0.2, 0.25) is 0 Å². The van der Waals surface area contributed by atoms with Gasteiger partial charge < -0.3 is 24.6 Å². The Bertz CT molecular complexity index is 773. The average molecular weight is 436 g/mol. The highest BCUT2D eigenvalue weighted by Crippen LogP contribution is 2.08. The van der Waals surface area contributed by atoms with Gasteiger partial charge in [-0.3, -0.25) is 9.69 Å². The van der Waals surface area contributed by atoms with E-state index in [1.54, 1.807) is 51.1 Å². The van der Waals surface area contributed by atoms with Crippen LogP contribution < -0.4 is 5.32 Å². The van der Waals surface area contributed by atoms with Gasteiger partial charge in [-0.15, -0.1) is 0 Å². The number of carboxylic acids is 1. The number of benzene rings is 1. The Morgan fingerprint density at radius 3 is 2.35 bits per heavy atom. The summed E-state index contributed by atoms with van der Waals surface area (Å²) in [5.41, 5.74) is -0.151. The molecule has 0 spiro atoms. The first-order chi connectivity index (χ1) is 14.5. The molecule has 0 bridgehead atoms. The van der Waals surface area contributed by atoms with Crippen molar-refractivity contribution in [1.82, 2.24) is 10.2 Å². The first-order valence-electron chi connectivity index (χ1n) is 9.46. The third kappa shape index (κ3) is 10.7. The van der Waals surface area contributed by atoms with Crippen LogP contribution >= 0.6 is 0 Å². The molecule has 170 valence electrons. The number of alkyl carbamates (subject to hydrolysis) is 1. The number of amides is 2. The molecular formula is C21H28N2O8. The molecule has 2 N–H and O–H groups in total. The average Bonchev–Trinajstić information content (AvgIpc) is 2.68. The number of nitrogens with one attached hydrogen (secondary N) is 1. The normalized spacial score (nSPS) is 11.6. The highest BCUT2D eigenvalue weighted by molar-refractivity contribution is 5.82. The minimum Gasteiger partial charge on any atom is -0.480 e. The summed E-state index contributed by atoms with van der Waals surface area (Å²) in [5, 5.41) is 11.6. The molecule has 0 aliphatic rings. The van der Waals surface area contributed by atoms with Crippen molar-refractivity contribution >= 4 is 24.1 Å². The van der Waals surface area contributed by atoms with E-state index >= 15 is 0 Å². The van der Waals surface area contributed by atoms with Gasteiger partial charge in [0.1, 0.15) is 31.4 Å². The molecule has 31 heavy (non-hydrogen) atoms. The molecule has 0 fully saturated rings. The highest BCUT2D eigenvalue weighted by atomic mass is 16.6. The zero-order valence-corrected chi connectivity index (χ0v) is 17.8. The van der Waals surface area contributed by atoms with Gasteiger partial charge in [0.2, 0.25) is 0 Å². The van der Waals surface area contributed by atoms with Gasteiger partial charge in [0, 0.05) is 0 Å². The molecule has 10 nitrogen and oxygen atoms in total. The maximum atomic E-state index is 12.5. The summed E-state index contributed by atoms with van der Waals surface area (Å²) in [6, 6.07) is 7.25. The number of hydrogen-bond acceptors (Lipinski definition) is 7. The Labute approximate surface area is 180 Å². The van der Waals surface area contributed by atoms with E-state index in [0.29, 0.717) is 5.56 Å². The van der Waals surface area contributed by atoms with Crippen LogP contribution in [0.5, 0.6) is 0 Å². The molecule has 0 aliphatic carbocycles. The van der Waals surface area contributed by atoms with Crippen LogP contribution in [0.25, 0.3) is 0 Å². The van der Waals surface area contributed by atoms with Gasteiger partial charge in [-0.05, 0) is 26.3 Å². The zero-order chi connectivity index (χ0) is 23.4. The molecule has 0 unspecified atom stereocenters. The van der Waals surface area contributed by atoms with Crippen LogP contribution in [0.3, 0.4) is 0 Å². The van der Waals surface area contributed by atoms with Crippen LogP contribution in [0, 0.1) is 0 Å². The van der Waals surface area contributed by atoms with Gasteiger partial charge in [-0.25, -0.2) is 14.4 Å². The smallest absolute Gasteiger partial charge is 0.410 e. The van der Waals surface area contributed by atoms with E-state index in [-0.39, 0.29) is 13.2 Å². The number of carboxylic acid groups (broad SMARTS) is 1. The maximum absolute atomic E-state index is 12.5. The second-order valence-corrected chi connectivity index (χ2v) is 7.43. The SMILES string of the molecule is C=CCOC(=O)CN(C[C@H](NC(=O)OC(C)(C)C)C(=O)O)C(=O)OCc1ccccc1. The van der Waals surface area contributed by atoms with Gasteiger partial charge in [-0.1, -0.05) is 43.0 Å². The van der Waals surface area contributed by atoms with Crippen LogP contribution in [0.4, 0.5) is 9.59 Å². The maximum Gasteiger partial charge on any atom is 0.410 e. The molecule has 0 saturated heterocycles. The zero-order valence-electron chi connectivity index (χ0n) is 17.8. The second kappa shape index (κ2) is 12.2. The molecule has 1 rings (SSSR count). The number of hydrogen-bond donors (Lipinski definition) is 2. The number of esters is 1. The van der Waals surface area contributed by atoms with Crippen molar-refractivity contribution in [1.29, 1.82) is 0 Å². The molecule has 0 heterocycles. The molecule has 0 aliphatic heterocycles. The minimum atomic E-state index is -1.55. The molecule has 2 amide bonds. The van der Waals surface area contributed by atoms with Crippen molar-refractivity contribution in [2.24, 2.45) is 0 Å². The lowest BCUT2D eigenvalue weighted by Gasteiger charge is -2.26. The first kappa shape index (κ1) is 25.5. The van der Waals surface area contributed by atoms with Crippen molar-refractivity contribution in [2.75, 3.05) is 19.7 Å². The number of carbonyl (C=O) groups is 4. The van der Waals surface area contributed by atoms with E-state index in [9.17, 15) is 24.3 Å². The predicted molar refractivity (Wildman–Crippen MR) is 110 cm³/mol. The lowest BCUT2D eigenvalue weighted by Crippen LogP contribution is -2.52. The summed E-state index contributed by atoms with van der Waals surface area (Å²) >= 11 is 0. The largest absolute Gasteiger partial charge is 0.480 e. The Morgan fingerprint density at radius 1 is 1.16 bits per heavy atom.